The third-order valence-corrected chi connectivity index (χ3v) is 3.59. The smallest absolute Gasteiger partial charge is 0.255 e. The molecule has 0 spiro atoms. The third kappa shape index (κ3) is 3.40. The Morgan fingerprint density at radius 3 is 2.74 bits per heavy atom. The van der Waals surface area contributed by atoms with Crippen LogP contribution in [0.2, 0.25) is 5.02 Å². The number of anilines is 1. The molecule has 0 fully saturated rings. The van der Waals surface area contributed by atoms with Gasteiger partial charge in [0, 0.05) is 28.8 Å². The summed E-state index contributed by atoms with van der Waals surface area (Å²) < 4.78 is 4.97. The normalized spacial score (nSPS) is 10.6. The lowest BCUT2D eigenvalue weighted by atomic mass is 10.1. The van der Waals surface area contributed by atoms with Gasteiger partial charge in [0.05, 0.1) is 0 Å². The molecule has 0 aliphatic rings. The molecule has 0 aliphatic heterocycles. The summed E-state index contributed by atoms with van der Waals surface area (Å²) in [5.41, 5.74) is 2.85. The Hall–Kier alpha value is -2.66. The Morgan fingerprint density at radius 1 is 1.17 bits per heavy atom. The standard InChI is InChI=1S/C17H14ClN3O2/c1-10-6-7-14(18)9-15(10)20-17(22)13-5-3-4-12(8-13)16-19-11(2)23-21-16/h3-9H,1-2H3,(H,20,22). The minimum Gasteiger partial charge on any atom is -0.339 e. The molecule has 0 aliphatic carbocycles. The van der Waals surface area contributed by atoms with Crippen molar-refractivity contribution >= 4 is 23.2 Å². The number of nitrogens with one attached hydrogen (secondary N) is 1. The van der Waals surface area contributed by atoms with Crippen LogP contribution in [0, 0.1) is 13.8 Å². The Balaban J connectivity index is 1.87. The van der Waals surface area contributed by atoms with E-state index in [-0.39, 0.29) is 5.91 Å². The summed E-state index contributed by atoms with van der Waals surface area (Å²) in [7, 11) is 0. The fourth-order valence-corrected chi connectivity index (χ4v) is 2.31. The van der Waals surface area contributed by atoms with Crippen molar-refractivity contribution in [1.29, 1.82) is 0 Å². The van der Waals surface area contributed by atoms with Gasteiger partial charge in [0.1, 0.15) is 0 Å². The minimum absolute atomic E-state index is 0.225. The van der Waals surface area contributed by atoms with Gasteiger partial charge in [0.15, 0.2) is 0 Å². The molecule has 1 N–H and O–H groups in total. The van der Waals surface area contributed by atoms with Gasteiger partial charge in [0.2, 0.25) is 11.7 Å². The van der Waals surface area contributed by atoms with Gasteiger partial charge in [-0.2, -0.15) is 4.98 Å². The van der Waals surface area contributed by atoms with Crippen molar-refractivity contribution in [3.8, 4) is 11.4 Å². The molecule has 0 radical (unpaired) electrons. The first-order valence-electron chi connectivity index (χ1n) is 7.01. The second kappa shape index (κ2) is 6.22. The lowest BCUT2D eigenvalue weighted by molar-refractivity contribution is 0.102. The van der Waals surface area contributed by atoms with E-state index in [1.165, 1.54) is 0 Å². The number of carbonyl (C=O) groups is 1. The number of aromatic nitrogens is 2. The number of halogens is 1. The second-order valence-electron chi connectivity index (χ2n) is 5.13. The number of rotatable bonds is 3. The predicted molar refractivity (Wildman–Crippen MR) is 88.6 cm³/mol. The highest BCUT2D eigenvalue weighted by Crippen LogP contribution is 2.22. The molecule has 2 aromatic carbocycles. The summed E-state index contributed by atoms with van der Waals surface area (Å²) in [5.74, 6) is 0.706. The quantitative estimate of drug-likeness (QED) is 0.780. The summed E-state index contributed by atoms with van der Waals surface area (Å²) in [6.07, 6.45) is 0. The topological polar surface area (TPSA) is 68.0 Å². The van der Waals surface area contributed by atoms with E-state index in [2.05, 4.69) is 15.5 Å². The molecule has 1 heterocycles. The zero-order valence-corrected chi connectivity index (χ0v) is 13.4. The van der Waals surface area contributed by atoms with E-state index in [0.29, 0.717) is 28.0 Å². The van der Waals surface area contributed by atoms with Crippen LogP contribution in [-0.4, -0.2) is 16.0 Å². The number of nitrogens with zero attached hydrogens (tertiary/aromatic N) is 2. The number of hydrogen-bond donors (Lipinski definition) is 1. The van der Waals surface area contributed by atoms with Crippen LogP contribution in [0.4, 0.5) is 5.69 Å². The zero-order valence-electron chi connectivity index (χ0n) is 12.6. The monoisotopic (exact) mass is 327 g/mol. The molecule has 1 aromatic heterocycles. The molecule has 0 bridgehead atoms. The van der Waals surface area contributed by atoms with E-state index < -0.39 is 0 Å². The first kappa shape index (κ1) is 15.2. The highest BCUT2D eigenvalue weighted by molar-refractivity contribution is 6.31. The van der Waals surface area contributed by atoms with E-state index in [9.17, 15) is 4.79 Å². The molecule has 0 saturated heterocycles. The van der Waals surface area contributed by atoms with Crippen LogP contribution in [0.1, 0.15) is 21.8 Å². The lowest BCUT2D eigenvalue weighted by Gasteiger charge is -2.09. The molecule has 116 valence electrons. The number of carbonyl (C=O) groups excluding carboxylic acids is 1. The molecule has 1 amide bonds. The van der Waals surface area contributed by atoms with Crippen molar-refractivity contribution in [2.45, 2.75) is 13.8 Å². The van der Waals surface area contributed by atoms with Crippen molar-refractivity contribution in [1.82, 2.24) is 10.1 Å². The SMILES string of the molecule is Cc1nc(-c2cccc(C(=O)Nc3cc(Cl)ccc3C)c2)no1. The van der Waals surface area contributed by atoms with Gasteiger partial charge >= 0.3 is 0 Å². The maximum Gasteiger partial charge on any atom is 0.255 e. The minimum atomic E-state index is -0.225. The molecular formula is C17H14ClN3O2. The second-order valence-corrected chi connectivity index (χ2v) is 5.57. The van der Waals surface area contributed by atoms with Gasteiger partial charge in [-0.25, -0.2) is 0 Å². The Morgan fingerprint density at radius 2 is 2.00 bits per heavy atom. The van der Waals surface area contributed by atoms with E-state index in [1.807, 2.05) is 19.1 Å². The van der Waals surface area contributed by atoms with Gasteiger partial charge in [-0.05, 0) is 36.8 Å². The van der Waals surface area contributed by atoms with Gasteiger partial charge < -0.3 is 9.84 Å². The lowest BCUT2D eigenvalue weighted by Crippen LogP contribution is -2.12. The van der Waals surface area contributed by atoms with Gasteiger partial charge in [0.25, 0.3) is 5.91 Å². The third-order valence-electron chi connectivity index (χ3n) is 3.36. The largest absolute Gasteiger partial charge is 0.339 e. The van der Waals surface area contributed by atoms with Gasteiger partial charge in [-0.1, -0.05) is 35.0 Å². The van der Waals surface area contributed by atoms with Crippen LogP contribution in [0.5, 0.6) is 0 Å². The molecule has 6 heteroatoms. The van der Waals surface area contributed by atoms with Crippen molar-refractivity contribution in [3.05, 3.63) is 64.5 Å². The molecule has 5 nitrogen and oxygen atoms in total. The van der Waals surface area contributed by atoms with Crippen LogP contribution in [0.15, 0.2) is 47.0 Å². The highest BCUT2D eigenvalue weighted by Gasteiger charge is 2.11. The average molecular weight is 328 g/mol. The average Bonchev–Trinajstić information content (AvgIpc) is 2.97. The van der Waals surface area contributed by atoms with Crippen LogP contribution >= 0.6 is 11.6 Å². The van der Waals surface area contributed by atoms with Gasteiger partial charge in [-0.15, -0.1) is 0 Å². The molecule has 3 rings (SSSR count). The Bertz CT molecular complexity index is 874. The first-order valence-corrected chi connectivity index (χ1v) is 7.39. The summed E-state index contributed by atoms with van der Waals surface area (Å²) >= 11 is 5.98. The molecule has 23 heavy (non-hydrogen) atoms. The number of aryl methyl sites for hydroxylation is 2. The summed E-state index contributed by atoms with van der Waals surface area (Å²) in [4.78, 5) is 16.6. The van der Waals surface area contributed by atoms with Crippen LogP contribution in [0.25, 0.3) is 11.4 Å². The van der Waals surface area contributed by atoms with Crippen LogP contribution < -0.4 is 5.32 Å². The van der Waals surface area contributed by atoms with Crippen LogP contribution in [-0.2, 0) is 0 Å². The molecule has 0 unspecified atom stereocenters. The van der Waals surface area contributed by atoms with Crippen molar-refractivity contribution < 1.29 is 9.32 Å². The summed E-state index contributed by atoms with van der Waals surface area (Å²) in [6.45, 7) is 3.62. The maximum atomic E-state index is 12.4. The number of hydrogen-bond acceptors (Lipinski definition) is 4. The van der Waals surface area contributed by atoms with Crippen LogP contribution in [0.3, 0.4) is 0 Å². The summed E-state index contributed by atoms with van der Waals surface area (Å²) in [5, 5.41) is 7.30. The van der Waals surface area contributed by atoms with Gasteiger partial charge in [-0.3, -0.25) is 4.79 Å². The first-order chi connectivity index (χ1) is 11.0. The predicted octanol–water partition coefficient (Wildman–Crippen LogP) is 4.26. The summed E-state index contributed by atoms with van der Waals surface area (Å²) in [6, 6.07) is 12.4. The van der Waals surface area contributed by atoms with E-state index in [0.717, 1.165) is 11.1 Å². The fourth-order valence-electron chi connectivity index (χ4n) is 2.14. The van der Waals surface area contributed by atoms with Crippen molar-refractivity contribution in [2.75, 3.05) is 5.32 Å². The highest BCUT2D eigenvalue weighted by atomic mass is 35.5. The van der Waals surface area contributed by atoms with E-state index in [4.69, 9.17) is 16.1 Å². The van der Waals surface area contributed by atoms with E-state index >= 15 is 0 Å². The van der Waals surface area contributed by atoms with Crippen molar-refractivity contribution in [2.24, 2.45) is 0 Å². The number of amides is 1. The fraction of sp³-hybridized carbons (Fsp3) is 0.118. The maximum absolute atomic E-state index is 12.4. The molecule has 0 saturated carbocycles. The zero-order chi connectivity index (χ0) is 16.4. The molecule has 3 aromatic rings. The molecular weight excluding hydrogens is 314 g/mol. The van der Waals surface area contributed by atoms with Crippen molar-refractivity contribution in [3.63, 3.8) is 0 Å². The number of benzene rings is 2. The Labute approximate surface area is 138 Å². The Kier molecular flexibility index (Phi) is 4.12. The molecule has 0 atom stereocenters. The van der Waals surface area contributed by atoms with E-state index in [1.54, 1.807) is 37.3 Å².